The first kappa shape index (κ1) is 9.23. The average Bonchev–Trinajstić information content (AvgIpc) is 2.81. The summed E-state index contributed by atoms with van der Waals surface area (Å²) in [4.78, 5) is 23.6. The molecule has 78 valence electrons. The van der Waals surface area contributed by atoms with Crippen LogP contribution in [0, 0.1) is 0 Å². The number of hydrogen-bond donors (Lipinski definition) is 2. The molecule has 1 aromatic rings. The van der Waals surface area contributed by atoms with Crippen LogP contribution in [0.5, 0.6) is 0 Å². The van der Waals surface area contributed by atoms with Gasteiger partial charge in [0.1, 0.15) is 9.88 Å². The summed E-state index contributed by atoms with van der Waals surface area (Å²) < 4.78 is -0.288. The van der Waals surface area contributed by atoms with Crippen molar-refractivity contribution >= 4 is 40.0 Å². The SMILES string of the molecule is O=C(O)c1cc2c(s1)NC(=O)C1(CC1)S2. The van der Waals surface area contributed by atoms with Crippen LogP contribution in [0.25, 0.3) is 0 Å². The van der Waals surface area contributed by atoms with E-state index in [0.717, 1.165) is 29.1 Å². The van der Waals surface area contributed by atoms with Gasteiger partial charge in [0.25, 0.3) is 0 Å². The molecule has 2 heterocycles. The van der Waals surface area contributed by atoms with Gasteiger partial charge in [-0.15, -0.1) is 23.1 Å². The van der Waals surface area contributed by atoms with Crippen molar-refractivity contribution in [2.75, 3.05) is 5.32 Å². The average molecular weight is 241 g/mol. The number of rotatable bonds is 1. The number of thioether (sulfide) groups is 1. The minimum Gasteiger partial charge on any atom is -0.477 e. The number of anilines is 1. The maximum Gasteiger partial charge on any atom is 0.345 e. The van der Waals surface area contributed by atoms with Crippen molar-refractivity contribution in [3.05, 3.63) is 10.9 Å². The minimum atomic E-state index is -0.936. The van der Waals surface area contributed by atoms with Gasteiger partial charge in [0.05, 0.1) is 4.75 Å². The van der Waals surface area contributed by atoms with Gasteiger partial charge in [-0.25, -0.2) is 4.79 Å². The highest BCUT2D eigenvalue weighted by molar-refractivity contribution is 8.02. The Morgan fingerprint density at radius 1 is 1.53 bits per heavy atom. The monoisotopic (exact) mass is 241 g/mol. The van der Waals surface area contributed by atoms with Crippen LogP contribution in [0.15, 0.2) is 11.0 Å². The molecule has 1 aliphatic carbocycles. The molecule has 4 nitrogen and oxygen atoms in total. The Hall–Kier alpha value is -1.01. The van der Waals surface area contributed by atoms with Gasteiger partial charge in [0.2, 0.25) is 5.91 Å². The normalized spacial score (nSPS) is 20.9. The summed E-state index contributed by atoms with van der Waals surface area (Å²) in [5.74, 6) is -0.909. The first-order valence-electron chi connectivity index (χ1n) is 4.48. The van der Waals surface area contributed by atoms with Crippen LogP contribution in [0.2, 0.25) is 0 Å². The van der Waals surface area contributed by atoms with Crippen LogP contribution in [0.3, 0.4) is 0 Å². The molecule has 6 heteroatoms. The van der Waals surface area contributed by atoms with Crippen LogP contribution in [0.1, 0.15) is 22.5 Å². The number of nitrogens with one attached hydrogen (secondary N) is 1. The molecule has 1 saturated carbocycles. The van der Waals surface area contributed by atoms with Crippen molar-refractivity contribution in [2.45, 2.75) is 22.5 Å². The van der Waals surface area contributed by atoms with Gasteiger partial charge in [-0.2, -0.15) is 0 Å². The van der Waals surface area contributed by atoms with Crippen molar-refractivity contribution in [2.24, 2.45) is 0 Å². The van der Waals surface area contributed by atoms with Gasteiger partial charge in [0, 0.05) is 4.90 Å². The molecule has 2 N–H and O–H groups in total. The van der Waals surface area contributed by atoms with Gasteiger partial charge >= 0.3 is 5.97 Å². The van der Waals surface area contributed by atoms with Gasteiger partial charge in [0.15, 0.2) is 0 Å². The zero-order valence-corrected chi connectivity index (χ0v) is 9.20. The molecule has 1 aliphatic heterocycles. The fourth-order valence-corrected chi connectivity index (χ4v) is 3.86. The molecular formula is C9H7NO3S2. The van der Waals surface area contributed by atoms with Crippen molar-refractivity contribution in [3.63, 3.8) is 0 Å². The topological polar surface area (TPSA) is 66.4 Å². The number of carboxylic acid groups (broad SMARTS) is 1. The summed E-state index contributed by atoms with van der Waals surface area (Å²) >= 11 is 2.63. The molecule has 3 rings (SSSR count). The Morgan fingerprint density at radius 3 is 2.87 bits per heavy atom. The van der Waals surface area contributed by atoms with E-state index in [-0.39, 0.29) is 15.5 Å². The van der Waals surface area contributed by atoms with Gasteiger partial charge in [-0.1, -0.05) is 0 Å². The summed E-state index contributed by atoms with van der Waals surface area (Å²) in [5, 5.41) is 12.3. The van der Waals surface area contributed by atoms with Crippen LogP contribution < -0.4 is 5.32 Å². The zero-order chi connectivity index (χ0) is 10.6. The molecule has 1 amide bonds. The third kappa shape index (κ3) is 1.28. The van der Waals surface area contributed by atoms with Gasteiger partial charge in [-0.05, 0) is 18.9 Å². The Bertz CT molecular complexity index is 476. The number of carbonyl (C=O) groups is 2. The predicted molar refractivity (Wildman–Crippen MR) is 57.7 cm³/mol. The standard InChI is InChI=1S/C9H7NO3S2/c11-7(12)5-3-4-6(14-5)10-8(13)9(15-4)1-2-9/h3H,1-2H2,(H,10,13)(H,11,12). The summed E-state index contributed by atoms with van der Waals surface area (Å²) in [6, 6.07) is 1.65. The third-order valence-corrected chi connectivity index (χ3v) is 5.25. The second-order valence-corrected chi connectivity index (χ2v) is 6.14. The molecule has 0 saturated heterocycles. The zero-order valence-electron chi connectivity index (χ0n) is 7.57. The second kappa shape index (κ2) is 2.76. The smallest absolute Gasteiger partial charge is 0.345 e. The van der Waals surface area contributed by atoms with Crippen LogP contribution in [0.4, 0.5) is 5.00 Å². The van der Waals surface area contributed by atoms with Gasteiger partial charge < -0.3 is 10.4 Å². The number of thiophene rings is 1. The summed E-state index contributed by atoms with van der Waals surface area (Å²) in [6.07, 6.45) is 1.78. The van der Waals surface area contributed by atoms with Crippen molar-refractivity contribution in [3.8, 4) is 0 Å². The summed E-state index contributed by atoms with van der Waals surface area (Å²) in [7, 11) is 0. The van der Waals surface area contributed by atoms with E-state index < -0.39 is 5.97 Å². The molecule has 1 aromatic heterocycles. The quantitative estimate of drug-likeness (QED) is 0.789. The number of amides is 1. The van der Waals surface area contributed by atoms with E-state index in [1.807, 2.05) is 0 Å². The summed E-state index contributed by atoms with van der Waals surface area (Å²) in [5.41, 5.74) is 0. The Morgan fingerprint density at radius 2 is 2.27 bits per heavy atom. The van der Waals surface area contributed by atoms with E-state index in [1.165, 1.54) is 11.8 Å². The molecule has 0 aromatic carbocycles. The maximum absolute atomic E-state index is 11.6. The van der Waals surface area contributed by atoms with Crippen LogP contribution in [-0.2, 0) is 4.79 Å². The first-order chi connectivity index (χ1) is 7.11. The fourth-order valence-electron chi connectivity index (χ4n) is 1.56. The predicted octanol–water partition coefficient (Wildman–Crippen LogP) is 2.02. The largest absolute Gasteiger partial charge is 0.477 e. The van der Waals surface area contributed by atoms with Crippen LogP contribution >= 0.6 is 23.1 Å². The van der Waals surface area contributed by atoms with Crippen molar-refractivity contribution in [1.82, 2.24) is 0 Å². The molecule has 0 unspecified atom stereocenters. The van der Waals surface area contributed by atoms with E-state index >= 15 is 0 Å². The molecule has 0 radical (unpaired) electrons. The lowest BCUT2D eigenvalue weighted by Gasteiger charge is -2.20. The number of aromatic carboxylic acids is 1. The highest BCUT2D eigenvalue weighted by Gasteiger charge is 2.53. The Balaban J connectivity index is 2.02. The van der Waals surface area contributed by atoms with Gasteiger partial charge in [-0.3, -0.25) is 4.79 Å². The molecule has 1 spiro atoms. The van der Waals surface area contributed by atoms with E-state index in [0.29, 0.717) is 5.00 Å². The number of hydrogen-bond acceptors (Lipinski definition) is 4. The minimum absolute atomic E-state index is 0.0267. The second-order valence-electron chi connectivity index (χ2n) is 3.66. The van der Waals surface area contributed by atoms with Crippen LogP contribution in [-0.4, -0.2) is 21.7 Å². The van der Waals surface area contributed by atoms with Crippen molar-refractivity contribution in [1.29, 1.82) is 0 Å². The van der Waals surface area contributed by atoms with E-state index in [1.54, 1.807) is 6.07 Å². The van der Waals surface area contributed by atoms with Crippen molar-refractivity contribution < 1.29 is 14.7 Å². The maximum atomic E-state index is 11.6. The molecule has 2 aliphatic rings. The molecule has 0 bridgehead atoms. The molecule has 0 atom stereocenters. The Kier molecular flexibility index (Phi) is 1.70. The first-order valence-corrected chi connectivity index (χ1v) is 6.12. The fraction of sp³-hybridized carbons (Fsp3) is 0.333. The Labute approximate surface area is 93.7 Å². The lowest BCUT2D eigenvalue weighted by atomic mass is 10.3. The lowest BCUT2D eigenvalue weighted by Crippen LogP contribution is -2.29. The highest BCUT2D eigenvalue weighted by atomic mass is 32.2. The van der Waals surface area contributed by atoms with E-state index in [2.05, 4.69) is 5.32 Å². The molecular weight excluding hydrogens is 234 g/mol. The highest BCUT2D eigenvalue weighted by Crippen LogP contribution is 2.58. The molecule has 15 heavy (non-hydrogen) atoms. The number of carbonyl (C=O) groups excluding carboxylic acids is 1. The number of fused-ring (bicyclic) bond motifs is 1. The van der Waals surface area contributed by atoms with E-state index in [4.69, 9.17) is 5.11 Å². The van der Waals surface area contributed by atoms with E-state index in [9.17, 15) is 9.59 Å². The summed E-state index contributed by atoms with van der Waals surface area (Å²) in [6.45, 7) is 0. The lowest BCUT2D eigenvalue weighted by molar-refractivity contribution is -0.116. The number of carboxylic acids is 1. The molecule has 1 fully saturated rings. The third-order valence-electron chi connectivity index (χ3n) is 2.56.